The Balaban J connectivity index is 1.04. The van der Waals surface area contributed by atoms with Crippen LogP contribution in [0.1, 0.15) is 179 Å². The number of carbonyl (C=O) groups excluding carboxylic acids is 9. The summed E-state index contributed by atoms with van der Waals surface area (Å²) in [6.07, 6.45) is -21.6. The standard InChI is InChI=1S/C95H109Cl2N9O34/c1-4-6-8-10-12-13-15-66(114)101-75-81(120)79(118)65(39-131-67(115)16-14-11-9-7-5-2)138-94(75)140-85-61-32-46-33-62(85)134-58-24-20-44(30-53(58)97)84(139-93-74(99-40(3)109)80(119)77(116)63(37-107)136-93)76-91(128)105-73(92(129)130)51-35-48(111)36-60(135-95-83(122)82(121)78(117)64(38-108)137-95)68(51)50-29-43(19-21-55(50)112)70(88(125)106-76)103-90(127)72(46)104-89(126)71-45-27-47(110)34-49(28-45)132-59-31-42(18-22-56(59)113)69(98)87(124)100-54(86(123)102-71)26-41-17-23-57(133-61)52(96)25-41/h17-25,27-36,54,63-65,69-84,93-95,107-108,110-113,116-122H,4-16,26,37-39,98H2,1-3H3,(H,99,109)(H,100,124)(H,101,114)(H,102,123)(H,103,127)(H,104,126)(H,105,128)(H,106,125)(H,129,130)/t54-,63-,64-,65-,69-,70-,71+,72-,73+,74-,75-,76+,77-,78-,79-,80-,81-,82+,83+,84-,93+,94+,95+/m1/s1. The Hall–Kier alpha value is -12.5. The minimum Gasteiger partial charge on any atom is -0.508 e. The van der Waals surface area contributed by atoms with Crippen molar-refractivity contribution in [2.24, 2.45) is 5.73 Å². The highest BCUT2D eigenvalue weighted by Gasteiger charge is 2.53. The first-order valence-electron chi connectivity index (χ1n) is 45.5. The van der Waals surface area contributed by atoms with Gasteiger partial charge in [0.15, 0.2) is 35.3 Å². The van der Waals surface area contributed by atoms with E-state index in [1.807, 2.05) is 13.8 Å². The van der Waals surface area contributed by atoms with Crippen molar-refractivity contribution in [3.05, 3.63) is 164 Å². The number of aliphatic hydroxyl groups excluding tert-OH is 9. The highest BCUT2D eigenvalue weighted by Crippen LogP contribution is 2.51. The van der Waals surface area contributed by atoms with Crippen LogP contribution in [0.3, 0.4) is 0 Å². The Kier molecular flexibility index (Phi) is 33.5. The number of aliphatic carboxylic acids is 1. The smallest absolute Gasteiger partial charge is 0.330 e. The van der Waals surface area contributed by atoms with Gasteiger partial charge in [0.25, 0.3) is 0 Å². The number of benzene rings is 7. The molecule has 43 nitrogen and oxygen atoms in total. The SMILES string of the molecule is CCCCCCCCC(=O)N[C@H]1[C@H](Oc2c3cc4cc2Oc2ccc(cc2Cl)[C@@H](O[C@@H]2O[C@H](CO)[C@@H](O)[C@H](O)[C@H]2NC(C)=O)[C@@H]2NC(=O)[C@H](NC(=O)[C@@H]4NC(=O)[C@H]4NC(=O)[C@@H](Cc5ccc(c(Cl)c5)O3)NC(=O)[C@H](N)c3ccc(O)c(c3)Oc3cc(O)cc4c3)c3ccc(O)c(c3)-c3c(O[C@H]4O[C@H](CO)[C@@H](O)[C@H](O)[C@@H]4O)cc(O)cc3[C@@H](C(=O)O)NC2=O)O[C@H](COC(=O)CCCCCCC)[C@@H](O)[C@@H]1O. The predicted octanol–water partition coefficient (Wildman–Crippen LogP) is 3.68. The number of nitrogens with one attached hydrogen (secondary N) is 8. The molecule has 140 heavy (non-hydrogen) atoms. The van der Waals surface area contributed by atoms with Crippen LogP contribution in [0.2, 0.25) is 10.0 Å². The molecule has 0 saturated carbocycles. The largest absolute Gasteiger partial charge is 0.508 e. The van der Waals surface area contributed by atoms with Crippen LogP contribution < -0.4 is 72.0 Å². The number of carboxylic acid groups (broad SMARTS) is 1. The van der Waals surface area contributed by atoms with Gasteiger partial charge in [0, 0.05) is 55.0 Å². The molecule has 24 N–H and O–H groups in total. The lowest BCUT2D eigenvalue weighted by atomic mass is 9.89. The third kappa shape index (κ3) is 23.5. The first-order chi connectivity index (χ1) is 66.9. The van der Waals surface area contributed by atoms with Crippen molar-refractivity contribution in [3.63, 3.8) is 0 Å². The lowest BCUT2D eigenvalue weighted by Crippen LogP contribution is -2.65. The number of aromatic hydroxyl groups is 4. The van der Waals surface area contributed by atoms with E-state index in [1.54, 1.807) is 0 Å². The van der Waals surface area contributed by atoms with E-state index >= 15 is 24.0 Å². The first-order valence-corrected chi connectivity index (χ1v) is 46.3. The fraction of sp³-hybridized carbons (Fsp3) is 0.453. The number of rotatable bonds is 26. The number of carbonyl (C=O) groups is 10. The Bertz CT molecular complexity index is 5780. The molecule has 45 heteroatoms. The van der Waals surface area contributed by atoms with Gasteiger partial charge in [-0.05, 0) is 125 Å². The van der Waals surface area contributed by atoms with Crippen molar-refractivity contribution < 1.29 is 167 Å². The van der Waals surface area contributed by atoms with Crippen LogP contribution in [0, 0.1) is 0 Å². The van der Waals surface area contributed by atoms with E-state index in [-0.39, 0.29) is 46.2 Å². The van der Waals surface area contributed by atoms with Gasteiger partial charge in [-0.25, -0.2) is 4.79 Å². The molecule has 9 heterocycles. The molecule has 752 valence electrons. The quantitative estimate of drug-likeness (QED) is 0.0271. The number of amides is 8. The maximum absolute atomic E-state index is 17.2. The van der Waals surface area contributed by atoms with Crippen LogP contribution >= 0.6 is 23.2 Å². The highest BCUT2D eigenvalue weighted by molar-refractivity contribution is 6.32. The minimum absolute atomic E-state index is 0.0232. The summed E-state index contributed by atoms with van der Waals surface area (Å²) in [5, 5.41) is 181. The van der Waals surface area contributed by atoms with Crippen LogP contribution in [0.15, 0.2) is 115 Å². The van der Waals surface area contributed by atoms with E-state index in [0.29, 0.717) is 25.7 Å². The monoisotopic (exact) mass is 1990 g/mol. The average molecular weight is 1990 g/mol. The van der Waals surface area contributed by atoms with Gasteiger partial charge in [-0.1, -0.05) is 119 Å². The highest BCUT2D eigenvalue weighted by atomic mass is 35.5. The second-order valence-electron chi connectivity index (χ2n) is 35.0. The van der Waals surface area contributed by atoms with E-state index in [0.717, 1.165) is 137 Å². The van der Waals surface area contributed by atoms with Crippen LogP contribution in [0.5, 0.6) is 69.0 Å². The molecular weight excluding hydrogens is 1880 g/mol. The van der Waals surface area contributed by atoms with Crippen LogP contribution in [0.25, 0.3) is 11.1 Å². The normalized spacial score (nSPS) is 27.8. The molecule has 3 fully saturated rings. The maximum Gasteiger partial charge on any atom is 0.330 e. The number of hydrogen-bond acceptors (Lipinski definition) is 34. The number of phenolic OH excluding ortho intramolecular Hbond substituents is 4. The zero-order valence-corrected chi connectivity index (χ0v) is 77.0. The molecule has 7 aromatic rings. The number of esters is 1. The molecular formula is C95H109Cl2N9O34. The van der Waals surface area contributed by atoms with Crippen molar-refractivity contribution in [3.8, 4) is 80.1 Å². The predicted molar refractivity (Wildman–Crippen MR) is 486 cm³/mol. The number of halogens is 2. The summed E-state index contributed by atoms with van der Waals surface area (Å²) in [6.45, 7) is 2.12. The first kappa shape index (κ1) is 103. The molecule has 9 aliphatic heterocycles. The van der Waals surface area contributed by atoms with Gasteiger partial charge in [0.2, 0.25) is 65.6 Å². The second kappa shape index (κ2) is 45.4. The lowest BCUT2D eigenvalue weighted by Gasteiger charge is -2.44. The Morgan fingerprint density at radius 2 is 1.03 bits per heavy atom. The van der Waals surface area contributed by atoms with Gasteiger partial charge < -0.3 is 167 Å². The summed E-state index contributed by atoms with van der Waals surface area (Å²) in [6, 6.07) is 0.589. The van der Waals surface area contributed by atoms with Gasteiger partial charge in [-0.2, -0.15) is 0 Å². The summed E-state index contributed by atoms with van der Waals surface area (Å²) in [4.78, 5) is 153. The topological polar surface area (TPSA) is 668 Å². The number of aliphatic hydroxyl groups is 9. The number of unbranched alkanes of at least 4 members (excludes halogenated alkanes) is 9. The molecule has 17 bridgehead atoms. The fourth-order valence-corrected chi connectivity index (χ4v) is 17.9. The molecule has 0 aliphatic carbocycles. The molecule has 7 aromatic carbocycles. The Morgan fingerprint density at radius 1 is 0.479 bits per heavy atom. The Labute approximate surface area is 808 Å². The van der Waals surface area contributed by atoms with Gasteiger partial charge in [0.1, 0.15) is 162 Å². The van der Waals surface area contributed by atoms with Crippen molar-refractivity contribution >= 4 is 82.4 Å². The van der Waals surface area contributed by atoms with Crippen LogP contribution in [-0.4, -0.2) is 255 Å². The fourth-order valence-electron chi connectivity index (χ4n) is 17.5. The molecule has 0 radical (unpaired) electrons. The van der Waals surface area contributed by atoms with Crippen molar-refractivity contribution in [1.29, 1.82) is 0 Å². The van der Waals surface area contributed by atoms with E-state index in [1.165, 1.54) is 30.3 Å². The molecule has 16 rings (SSSR count). The summed E-state index contributed by atoms with van der Waals surface area (Å²) in [5.41, 5.74) is 2.78. The molecule has 0 aromatic heterocycles. The molecule has 9 aliphatic rings. The number of carboxylic acids is 1. The third-order valence-corrected chi connectivity index (χ3v) is 25.5. The molecule has 0 spiro atoms. The summed E-state index contributed by atoms with van der Waals surface area (Å²) < 4.78 is 64.0. The van der Waals surface area contributed by atoms with E-state index in [9.17, 15) is 95.5 Å². The second-order valence-corrected chi connectivity index (χ2v) is 35.8. The summed E-state index contributed by atoms with van der Waals surface area (Å²) in [7, 11) is 0. The number of ether oxygens (including phenoxy) is 10. The number of hydrogen-bond donors (Lipinski definition) is 23. The number of fused-ring (bicyclic) bond motifs is 14. The minimum atomic E-state index is -2.60. The molecule has 3 saturated heterocycles. The van der Waals surface area contributed by atoms with E-state index < -0.39 is 322 Å². The average Bonchev–Trinajstić information content (AvgIpc) is 0.770. The van der Waals surface area contributed by atoms with Gasteiger partial charge in [-0.3, -0.25) is 43.2 Å². The van der Waals surface area contributed by atoms with Gasteiger partial charge in [0.05, 0.1) is 23.3 Å². The van der Waals surface area contributed by atoms with Crippen LogP contribution in [0.4, 0.5) is 0 Å². The van der Waals surface area contributed by atoms with Crippen molar-refractivity contribution in [2.75, 3.05) is 19.8 Å². The third-order valence-electron chi connectivity index (χ3n) is 24.9. The number of phenols is 4. The Morgan fingerprint density at radius 3 is 1.67 bits per heavy atom. The van der Waals surface area contributed by atoms with Gasteiger partial charge >= 0.3 is 11.9 Å². The molecule has 23 atom stereocenters. The van der Waals surface area contributed by atoms with Crippen molar-refractivity contribution in [2.45, 2.75) is 251 Å². The van der Waals surface area contributed by atoms with Crippen molar-refractivity contribution in [1.82, 2.24) is 42.5 Å². The van der Waals surface area contributed by atoms with E-state index in [2.05, 4.69) is 42.5 Å². The lowest BCUT2D eigenvalue weighted by molar-refractivity contribution is -0.284. The zero-order valence-electron chi connectivity index (χ0n) is 75.5. The summed E-state index contributed by atoms with van der Waals surface area (Å²) in [5.74, 6) is -20.4. The van der Waals surface area contributed by atoms with Gasteiger partial charge in [-0.15, -0.1) is 0 Å². The zero-order chi connectivity index (χ0) is 101. The molecule has 8 amide bonds. The number of nitrogens with two attached hydrogens (primary N) is 1. The van der Waals surface area contributed by atoms with Crippen LogP contribution in [-0.2, 0) is 78.1 Å². The maximum atomic E-state index is 17.2. The van der Waals surface area contributed by atoms with E-state index in [4.69, 9.17) is 76.3 Å². The molecule has 0 unspecified atom stereocenters. The summed E-state index contributed by atoms with van der Waals surface area (Å²) >= 11 is 14.9.